The maximum atomic E-state index is 13.0. The fourth-order valence-corrected chi connectivity index (χ4v) is 2.52. The number of benzene rings is 1. The van der Waals surface area contributed by atoms with Gasteiger partial charge in [0, 0.05) is 4.98 Å². The van der Waals surface area contributed by atoms with Crippen LogP contribution in [0, 0.1) is 15.9 Å². The summed E-state index contributed by atoms with van der Waals surface area (Å²) < 4.78 is 25.6. The molecule has 10 nitrogen and oxygen atoms in total. The Hall–Kier alpha value is -3.34. The Kier molecular flexibility index (Phi) is 4.05. The highest BCUT2D eigenvalue weighted by Gasteiger charge is 2.28. The SMILES string of the molecule is O=[N+]([O-])c1cn2c(n1)OC[C@@H](OCc1cnn(-c3ccc(F)cc3)n1)C2. The standard InChI is InChI=1S/C15H13FN6O4/c16-10-1-3-12(4-2-10)21-17-5-11(19-21)8-25-13-6-20-7-14(22(23)24)18-15(20)26-9-13/h1-5,7,13H,6,8-9H2/t13-/m0/s1. The van der Waals surface area contributed by atoms with E-state index in [2.05, 4.69) is 15.2 Å². The highest BCUT2D eigenvalue weighted by molar-refractivity contribution is 5.29. The van der Waals surface area contributed by atoms with E-state index >= 15 is 0 Å². The van der Waals surface area contributed by atoms with Gasteiger partial charge < -0.3 is 19.6 Å². The Balaban J connectivity index is 1.37. The second kappa shape index (κ2) is 6.52. The first kappa shape index (κ1) is 16.1. The van der Waals surface area contributed by atoms with Crippen LogP contribution in [0.1, 0.15) is 5.69 Å². The number of nitrogens with zero attached hydrogens (tertiary/aromatic N) is 6. The molecule has 1 atom stereocenters. The molecule has 3 heterocycles. The maximum Gasteiger partial charge on any atom is 0.414 e. The van der Waals surface area contributed by atoms with Crippen LogP contribution in [0.5, 0.6) is 6.01 Å². The average molecular weight is 360 g/mol. The molecule has 3 aromatic rings. The molecule has 0 amide bonds. The fraction of sp³-hybridized carbons (Fsp3) is 0.267. The van der Waals surface area contributed by atoms with Crippen molar-refractivity contribution in [1.82, 2.24) is 24.5 Å². The molecule has 0 aliphatic carbocycles. The molecular weight excluding hydrogens is 347 g/mol. The van der Waals surface area contributed by atoms with Crippen LogP contribution >= 0.6 is 0 Å². The molecule has 1 aliphatic heterocycles. The molecule has 0 fully saturated rings. The highest BCUT2D eigenvalue weighted by atomic mass is 19.1. The summed E-state index contributed by atoms with van der Waals surface area (Å²) in [5, 5.41) is 19.1. The Bertz CT molecular complexity index is 938. The topological polar surface area (TPSA) is 110 Å². The van der Waals surface area contributed by atoms with Crippen molar-refractivity contribution in [2.45, 2.75) is 19.3 Å². The summed E-state index contributed by atoms with van der Waals surface area (Å²) in [6.45, 7) is 0.823. The minimum Gasteiger partial charge on any atom is -0.443 e. The van der Waals surface area contributed by atoms with Gasteiger partial charge in [-0.3, -0.25) is 4.57 Å². The molecule has 0 N–H and O–H groups in total. The Morgan fingerprint density at radius 2 is 2.19 bits per heavy atom. The smallest absolute Gasteiger partial charge is 0.414 e. The van der Waals surface area contributed by atoms with E-state index in [1.807, 2.05) is 0 Å². The van der Waals surface area contributed by atoms with Crippen LogP contribution < -0.4 is 4.74 Å². The minimum atomic E-state index is -0.571. The molecule has 1 aromatic carbocycles. The third kappa shape index (κ3) is 3.24. The first-order valence-corrected chi connectivity index (χ1v) is 7.71. The molecule has 26 heavy (non-hydrogen) atoms. The van der Waals surface area contributed by atoms with E-state index < -0.39 is 4.92 Å². The van der Waals surface area contributed by atoms with E-state index in [-0.39, 0.29) is 37.0 Å². The molecule has 11 heteroatoms. The van der Waals surface area contributed by atoms with Gasteiger partial charge in [-0.05, 0) is 29.2 Å². The average Bonchev–Trinajstić information content (AvgIpc) is 3.27. The lowest BCUT2D eigenvalue weighted by Gasteiger charge is -2.21. The summed E-state index contributed by atoms with van der Waals surface area (Å²) in [4.78, 5) is 15.3. The Morgan fingerprint density at radius 3 is 2.96 bits per heavy atom. The van der Waals surface area contributed by atoms with Crippen LogP contribution in [-0.2, 0) is 17.9 Å². The lowest BCUT2D eigenvalue weighted by atomic mass is 10.3. The monoisotopic (exact) mass is 360 g/mol. The van der Waals surface area contributed by atoms with E-state index in [0.717, 1.165) is 0 Å². The van der Waals surface area contributed by atoms with Gasteiger partial charge in [0.2, 0.25) is 0 Å². The molecule has 2 aromatic heterocycles. The van der Waals surface area contributed by atoms with Crippen LogP contribution in [0.25, 0.3) is 5.69 Å². The normalized spacial score (nSPS) is 16.1. The van der Waals surface area contributed by atoms with Gasteiger partial charge in [0.15, 0.2) is 0 Å². The van der Waals surface area contributed by atoms with Gasteiger partial charge in [0.1, 0.15) is 30.4 Å². The number of fused-ring (bicyclic) bond motifs is 1. The van der Waals surface area contributed by atoms with Crippen molar-refractivity contribution in [2.24, 2.45) is 0 Å². The van der Waals surface area contributed by atoms with Crippen LogP contribution in [0.2, 0.25) is 0 Å². The van der Waals surface area contributed by atoms with E-state index in [1.54, 1.807) is 22.9 Å². The van der Waals surface area contributed by atoms with Crippen molar-refractivity contribution >= 4 is 5.82 Å². The van der Waals surface area contributed by atoms with E-state index in [4.69, 9.17) is 9.47 Å². The Labute approximate surface area is 145 Å². The van der Waals surface area contributed by atoms with Crippen molar-refractivity contribution in [3.63, 3.8) is 0 Å². The van der Waals surface area contributed by atoms with Gasteiger partial charge in [-0.2, -0.15) is 15.0 Å². The number of halogens is 1. The van der Waals surface area contributed by atoms with Gasteiger partial charge in [0.25, 0.3) is 0 Å². The van der Waals surface area contributed by atoms with Crippen LogP contribution in [0.15, 0.2) is 36.7 Å². The molecule has 4 rings (SSSR count). The van der Waals surface area contributed by atoms with Gasteiger partial charge in [0.05, 0.1) is 25.0 Å². The summed E-state index contributed by atoms with van der Waals surface area (Å²) in [6, 6.07) is 6.01. The van der Waals surface area contributed by atoms with E-state index in [1.165, 1.54) is 23.1 Å². The van der Waals surface area contributed by atoms with Gasteiger partial charge >= 0.3 is 11.8 Å². The quantitative estimate of drug-likeness (QED) is 0.501. The number of hydrogen-bond donors (Lipinski definition) is 0. The predicted octanol–water partition coefficient (Wildman–Crippen LogP) is 1.49. The lowest BCUT2D eigenvalue weighted by molar-refractivity contribution is -0.389. The highest BCUT2D eigenvalue weighted by Crippen LogP contribution is 2.22. The second-order valence-corrected chi connectivity index (χ2v) is 5.64. The number of ether oxygens (including phenoxy) is 2. The zero-order valence-electron chi connectivity index (χ0n) is 13.4. The molecule has 0 unspecified atom stereocenters. The molecule has 1 aliphatic rings. The number of nitro groups is 1. The van der Waals surface area contributed by atoms with Crippen molar-refractivity contribution in [3.05, 3.63) is 58.3 Å². The first-order valence-electron chi connectivity index (χ1n) is 7.71. The largest absolute Gasteiger partial charge is 0.443 e. The fourth-order valence-electron chi connectivity index (χ4n) is 2.52. The summed E-state index contributed by atoms with van der Waals surface area (Å²) in [7, 11) is 0. The molecule has 0 spiro atoms. The zero-order valence-corrected chi connectivity index (χ0v) is 13.4. The number of hydrogen-bond acceptors (Lipinski definition) is 7. The van der Waals surface area contributed by atoms with E-state index in [9.17, 15) is 14.5 Å². The third-order valence-corrected chi connectivity index (χ3v) is 3.78. The predicted molar refractivity (Wildman–Crippen MR) is 84.3 cm³/mol. The maximum absolute atomic E-state index is 13.0. The van der Waals surface area contributed by atoms with Gasteiger partial charge in [-0.1, -0.05) is 0 Å². The minimum absolute atomic E-state index is 0.196. The second-order valence-electron chi connectivity index (χ2n) is 5.64. The first-order chi connectivity index (χ1) is 12.6. The van der Waals surface area contributed by atoms with Crippen molar-refractivity contribution in [3.8, 4) is 11.7 Å². The van der Waals surface area contributed by atoms with Crippen LogP contribution in [0.4, 0.5) is 10.2 Å². The summed E-state index contributed by atoms with van der Waals surface area (Å²) in [5.74, 6) is -0.594. The zero-order chi connectivity index (χ0) is 18.1. The number of aromatic nitrogens is 5. The third-order valence-electron chi connectivity index (χ3n) is 3.78. The molecule has 0 saturated heterocycles. The molecule has 0 saturated carbocycles. The molecule has 134 valence electrons. The van der Waals surface area contributed by atoms with Crippen molar-refractivity contribution in [1.29, 1.82) is 0 Å². The van der Waals surface area contributed by atoms with Crippen LogP contribution in [-0.4, -0.2) is 42.2 Å². The number of rotatable bonds is 5. The van der Waals surface area contributed by atoms with Crippen LogP contribution in [0.3, 0.4) is 0 Å². The molecule has 0 bridgehead atoms. The molecule has 0 radical (unpaired) electrons. The number of imidazole rings is 1. The van der Waals surface area contributed by atoms with Crippen molar-refractivity contribution in [2.75, 3.05) is 6.61 Å². The summed E-state index contributed by atoms with van der Waals surface area (Å²) >= 11 is 0. The van der Waals surface area contributed by atoms with E-state index in [0.29, 0.717) is 17.9 Å². The molecular formula is C15H13FN6O4. The van der Waals surface area contributed by atoms with Gasteiger partial charge in [-0.25, -0.2) is 4.39 Å². The van der Waals surface area contributed by atoms with Crippen molar-refractivity contribution < 1.29 is 18.8 Å². The lowest BCUT2D eigenvalue weighted by Crippen LogP contribution is -2.32. The summed E-state index contributed by atoms with van der Waals surface area (Å²) in [6.07, 6.45) is 2.57. The Morgan fingerprint density at radius 1 is 1.38 bits per heavy atom. The summed E-state index contributed by atoms with van der Waals surface area (Å²) in [5.41, 5.74) is 1.23. The van der Waals surface area contributed by atoms with Gasteiger partial charge in [-0.15, -0.1) is 0 Å².